The first-order valence-corrected chi connectivity index (χ1v) is 14.7. The van der Waals surface area contributed by atoms with Gasteiger partial charge in [0.2, 0.25) is 11.8 Å². The van der Waals surface area contributed by atoms with E-state index in [1.165, 1.54) is 0 Å². The lowest BCUT2D eigenvalue weighted by Gasteiger charge is -2.41. The van der Waals surface area contributed by atoms with Crippen molar-refractivity contribution < 1.29 is 19.1 Å². The molecular weight excluding hydrogens is 542 g/mol. The monoisotopic (exact) mass is 577 g/mol. The summed E-state index contributed by atoms with van der Waals surface area (Å²) in [6.45, 7) is 4.36. The number of carbonyl (C=O) groups is 2. The zero-order valence-electron chi connectivity index (χ0n) is 24.4. The van der Waals surface area contributed by atoms with Crippen LogP contribution in [0.15, 0.2) is 66.7 Å². The summed E-state index contributed by atoms with van der Waals surface area (Å²) < 4.78 is 12.5. The highest BCUT2D eigenvalue weighted by Gasteiger charge is 2.39. The van der Waals surface area contributed by atoms with Gasteiger partial charge in [0.1, 0.15) is 23.7 Å². The number of likely N-dealkylation sites (N-methyl/N-ethyl adjacent to an activating group) is 1. The Morgan fingerprint density at radius 2 is 1.93 bits per heavy atom. The summed E-state index contributed by atoms with van der Waals surface area (Å²) >= 11 is 0. The molecule has 2 amide bonds. The van der Waals surface area contributed by atoms with Gasteiger partial charge in [-0.25, -0.2) is 0 Å². The zero-order chi connectivity index (χ0) is 30.0. The minimum Gasteiger partial charge on any atom is -0.492 e. The first-order valence-electron chi connectivity index (χ1n) is 14.7. The minimum atomic E-state index is -0.553. The van der Waals surface area contributed by atoms with Gasteiger partial charge in [0.25, 0.3) is 0 Å². The van der Waals surface area contributed by atoms with E-state index < -0.39 is 11.5 Å². The molecule has 2 aliphatic heterocycles. The second-order valence-electron chi connectivity index (χ2n) is 11.4. The average molecular weight is 578 g/mol. The van der Waals surface area contributed by atoms with E-state index in [-0.39, 0.29) is 18.2 Å². The van der Waals surface area contributed by atoms with Crippen LogP contribution < -0.4 is 20.1 Å². The molecule has 3 aromatic carbocycles. The number of carbonyl (C=O) groups excluding carboxylic acids is 2. The predicted octanol–water partition coefficient (Wildman–Crippen LogP) is 5.19. The van der Waals surface area contributed by atoms with Gasteiger partial charge in [0.15, 0.2) is 0 Å². The van der Waals surface area contributed by atoms with Crippen LogP contribution in [0.1, 0.15) is 43.2 Å². The summed E-state index contributed by atoms with van der Waals surface area (Å²) in [6, 6.07) is 23.3. The van der Waals surface area contributed by atoms with E-state index in [1.54, 1.807) is 0 Å². The van der Waals surface area contributed by atoms with Crippen LogP contribution in [-0.2, 0) is 9.59 Å². The van der Waals surface area contributed by atoms with Gasteiger partial charge >= 0.3 is 0 Å². The molecule has 1 atom stereocenters. The van der Waals surface area contributed by atoms with Crippen molar-refractivity contribution in [3.63, 3.8) is 0 Å². The molecule has 6 rings (SSSR count). The van der Waals surface area contributed by atoms with Crippen molar-refractivity contribution >= 4 is 28.4 Å². The molecule has 1 fully saturated rings. The highest BCUT2D eigenvalue weighted by molar-refractivity contribution is 6.01. The van der Waals surface area contributed by atoms with Crippen molar-refractivity contribution in [3.8, 4) is 28.8 Å². The summed E-state index contributed by atoms with van der Waals surface area (Å²) in [6.07, 6.45) is 1.41. The number of piperidine rings is 1. The number of aromatic amines is 1. The molecule has 0 radical (unpaired) electrons. The molecule has 3 N–H and O–H groups in total. The standard InChI is InChI=1S/C34H35N5O4/c1-34(43-31-9-4-3-7-24(31)30-19-25-22(21-35)6-5-8-28(25)37-30)12-15-39(16-13-34)33(41)27-20-32(40)38-29-11-10-23(18-26(27)29)42-17-14-36-2/h3-11,18-19,27,36-37H,12-17,20H2,1-2H3,(H,38,40)/t27-/m0/s1. The van der Waals surface area contributed by atoms with Crippen molar-refractivity contribution in [3.05, 3.63) is 77.9 Å². The van der Waals surface area contributed by atoms with Crippen LogP contribution in [0.4, 0.5) is 5.69 Å². The summed E-state index contributed by atoms with van der Waals surface area (Å²) in [5, 5.41) is 16.4. The van der Waals surface area contributed by atoms with Crippen molar-refractivity contribution in [1.29, 1.82) is 5.26 Å². The second kappa shape index (κ2) is 11.8. The first kappa shape index (κ1) is 28.3. The van der Waals surface area contributed by atoms with Gasteiger partial charge in [0, 0.05) is 61.1 Å². The molecule has 0 unspecified atom stereocenters. The van der Waals surface area contributed by atoms with Crippen molar-refractivity contribution in [1.82, 2.24) is 15.2 Å². The maximum absolute atomic E-state index is 13.8. The Kier molecular flexibility index (Phi) is 7.78. The van der Waals surface area contributed by atoms with E-state index in [0.717, 1.165) is 33.5 Å². The number of para-hydroxylation sites is 1. The van der Waals surface area contributed by atoms with Gasteiger partial charge in [-0.05, 0) is 68.1 Å². The Labute approximate surface area is 250 Å². The summed E-state index contributed by atoms with van der Waals surface area (Å²) in [7, 11) is 1.86. The molecule has 0 bridgehead atoms. The molecule has 43 heavy (non-hydrogen) atoms. The van der Waals surface area contributed by atoms with E-state index in [2.05, 4.69) is 28.6 Å². The van der Waals surface area contributed by atoms with Gasteiger partial charge in [0.05, 0.1) is 23.2 Å². The lowest BCUT2D eigenvalue weighted by molar-refractivity contribution is -0.137. The van der Waals surface area contributed by atoms with Crippen LogP contribution in [0.5, 0.6) is 11.5 Å². The number of nitrogens with zero attached hydrogens (tertiary/aromatic N) is 2. The van der Waals surface area contributed by atoms with Crippen LogP contribution in [-0.4, -0.2) is 60.6 Å². The third-order valence-electron chi connectivity index (χ3n) is 8.43. The number of rotatable bonds is 8. The number of anilines is 1. The van der Waals surface area contributed by atoms with Crippen molar-refractivity contribution in [2.45, 2.75) is 37.7 Å². The number of ether oxygens (including phenoxy) is 2. The van der Waals surface area contributed by atoms with E-state index >= 15 is 0 Å². The minimum absolute atomic E-state index is 0.0442. The third-order valence-corrected chi connectivity index (χ3v) is 8.43. The van der Waals surface area contributed by atoms with E-state index in [9.17, 15) is 14.9 Å². The zero-order valence-corrected chi connectivity index (χ0v) is 24.4. The fourth-order valence-electron chi connectivity index (χ4n) is 5.98. The molecule has 4 aromatic rings. The van der Waals surface area contributed by atoms with Gasteiger partial charge in [-0.3, -0.25) is 9.59 Å². The second-order valence-corrected chi connectivity index (χ2v) is 11.4. The van der Waals surface area contributed by atoms with E-state index in [4.69, 9.17) is 9.47 Å². The molecule has 9 nitrogen and oxygen atoms in total. The number of nitrogens with one attached hydrogen (secondary N) is 3. The number of fused-ring (bicyclic) bond motifs is 2. The first-order chi connectivity index (χ1) is 20.9. The molecule has 220 valence electrons. The molecule has 0 spiro atoms. The number of hydrogen-bond donors (Lipinski definition) is 3. The normalized spacial score (nSPS) is 17.6. The topological polar surface area (TPSA) is 119 Å². The van der Waals surface area contributed by atoms with Crippen LogP contribution in [0.25, 0.3) is 22.2 Å². The number of amides is 2. The third kappa shape index (κ3) is 5.79. The number of nitriles is 1. The Bertz CT molecular complexity index is 1710. The fourth-order valence-corrected chi connectivity index (χ4v) is 5.98. The Balaban J connectivity index is 1.17. The molecule has 2 aliphatic rings. The largest absolute Gasteiger partial charge is 0.492 e. The molecule has 1 aromatic heterocycles. The highest BCUT2D eigenvalue weighted by Crippen LogP contribution is 2.39. The summed E-state index contributed by atoms with van der Waals surface area (Å²) in [5.74, 6) is 0.675. The van der Waals surface area contributed by atoms with Gasteiger partial charge in [-0.2, -0.15) is 5.26 Å². The fraction of sp³-hybridized carbons (Fsp3) is 0.324. The van der Waals surface area contributed by atoms with Gasteiger partial charge in [-0.15, -0.1) is 0 Å². The summed E-state index contributed by atoms with van der Waals surface area (Å²) in [4.78, 5) is 31.6. The van der Waals surface area contributed by atoms with Crippen molar-refractivity contribution in [2.24, 2.45) is 0 Å². The molecule has 0 aliphatic carbocycles. The van der Waals surface area contributed by atoms with Crippen molar-refractivity contribution in [2.75, 3.05) is 38.6 Å². The number of likely N-dealkylation sites (tertiary alicyclic amines) is 1. The molecular formula is C34H35N5O4. The predicted molar refractivity (Wildman–Crippen MR) is 165 cm³/mol. The van der Waals surface area contributed by atoms with E-state index in [0.29, 0.717) is 56.1 Å². The Hall–Kier alpha value is -4.81. The van der Waals surface area contributed by atoms with Gasteiger partial charge < -0.3 is 30.0 Å². The summed E-state index contributed by atoms with van der Waals surface area (Å²) in [5.41, 5.74) is 4.30. The smallest absolute Gasteiger partial charge is 0.230 e. The maximum atomic E-state index is 13.8. The van der Waals surface area contributed by atoms with Gasteiger partial charge in [-0.1, -0.05) is 18.2 Å². The number of benzene rings is 3. The number of aromatic nitrogens is 1. The quantitative estimate of drug-likeness (QED) is 0.248. The highest BCUT2D eigenvalue weighted by atomic mass is 16.5. The SMILES string of the molecule is CNCCOc1ccc2c(c1)[C@@H](C(=O)N1CCC(C)(Oc3ccccc3-c3cc4c(C#N)cccc4[nH]3)CC1)CC(=O)N2. The average Bonchev–Trinajstić information content (AvgIpc) is 3.45. The van der Waals surface area contributed by atoms with Crippen LogP contribution >= 0.6 is 0 Å². The number of hydrogen-bond acceptors (Lipinski definition) is 6. The lowest BCUT2D eigenvalue weighted by Crippen LogP contribution is -2.49. The molecule has 9 heteroatoms. The lowest BCUT2D eigenvalue weighted by atomic mass is 9.87. The Morgan fingerprint density at radius 3 is 2.72 bits per heavy atom. The molecule has 3 heterocycles. The van der Waals surface area contributed by atoms with Crippen LogP contribution in [0, 0.1) is 11.3 Å². The van der Waals surface area contributed by atoms with E-state index in [1.807, 2.05) is 78.7 Å². The molecule has 1 saturated heterocycles. The molecule has 0 saturated carbocycles. The van der Waals surface area contributed by atoms with Crippen LogP contribution in [0.2, 0.25) is 0 Å². The van der Waals surface area contributed by atoms with Crippen LogP contribution in [0.3, 0.4) is 0 Å². The maximum Gasteiger partial charge on any atom is 0.230 e. The Morgan fingerprint density at radius 1 is 1.12 bits per heavy atom. The number of H-pyrrole nitrogens is 1.